The Bertz CT molecular complexity index is 479. The van der Waals surface area contributed by atoms with Gasteiger partial charge in [0.2, 0.25) is 0 Å². The maximum absolute atomic E-state index is 12.3. The number of aryl methyl sites for hydroxylation is 1. The topological polar surface area (TPSA) is 67.6 Å². The number of aliphatic hydroxyl groups is 1. The minimum atomic E-state index is -0.485. The molecule has 1 aromatic heterocycles. The predicted octanol–water partition coefficient (Wildman–Crippen LogP) is 2.34. The average molecular weight is 295 g/mol. The SMILES string of the molecule is CC(C)(C)OC(=O)N1CCCC1n1cc(CCCO)cn1. The third-order valence-corrected chi connectivity index (χ3v) is 3.43. The first-order chi connectivity index (χ1) is 9.90. The Labute approximate surface area is 125 Å². The van der Waals surface area contributed by atoms with E-state index in [4.69, 9.17) is 9.84 Å². The molecule has 0 aliphatic carbocycles. The van der Waals surface area contributed by atoms with Gasteiger partial charge in [-0.15, -0.1) is 0 Å². The van der Waals surface area contributed by atoms with Crippen molar-refractivity contribution in [1.29, 1.82) is 0 Å². The van der Waals surface area contributed by atoms with E-state index in [0.717, 1.165) is 31.2 Å². The van der Waals surface area contributed by atoms with E-state index in [0.29, 0.717) is 6.54 Å². The number of nitrogens with zero attached hydrogens (tertiary/aromatic N) is 3. The van der Waals surface area contributed by atoms with Crippen LogP contribution in [0.2, 0.25) is 0 Å². The Balaban J connectivity index is 2.04. The molecule has 1 aromatic rings. The lowest BCUT2D eigenvalue weighted by Crippen LogP contribution is -2.38. The molecule has 1 aliphatic rings. The second-order valence-corrected chi connectivity index (χ2v) is 6.45. The molecule has 1 atom stereocenters. The fourth-order valence-corrected chi connectivity index (χ4v) is 2.51. The summed E-state index contributed by atoms with van der Waals surface area (Å²) in [5, 5.41) is 13.2. The van der Waals surface area contributed by atoms with Crippen LogP contribution in [0.25, 0.3) is 0 Å². The third kappa shape index (κ3) is 4.20. The number of hydrogen-bond donors (Lipinski definition) is 1. The Morgan fingerprint density at radius 2 is 2.29 bits per heavy atom. The molecular formula is C15H25N3O3. The van der Waals surface area contributed by atoms with E-state index in [1.54, 1.807) is 11.1 Å². The zero-order valence-corrected chi connectivity index (χ0v) is 13.1. The number of aliphatic hydroxyl groups excluding tert-OH is 1. The van der Waals surface area contributed by atoms with E-state index in [1.165, 1.54) is 0 Å². The molecule has 1 fully saturated rings. The molecule has 1 N–H and O–H groups in total. The van der Waals surface area contributed by atoms with Gasteiger partial charge in [-0.1, -0.05) is 0 Å². The number of carbonyl (C=O) groups is 1. The molecule has 1 unspecified atom stereocenters. The van der Waals surface area contributed by atoms with Crippen LogP contribution in [-0.2, 0) is 11.2 Å². The van der Waals surface area contributed by atoms with Crippen molar-refractivity contribution >= 4 is 6.09 Å². The fraction of sp³-hybridized carbons (Fsp3) is 0.733. The van der Waals surface area contributed by atoms with Crippen molar-refractivity contribution in [2.45, 2.75) is 58.2 Å². The summed E-state index contributed by atoms with van der Waals surface area (Å²) in [5.74, 6) is 0. The highest BCUT2D eigenvalue weighted by atomic mass is 16.6. The van der Waals surface area contributed by atoms with Crippen LogP contribution >= 0.6 is 0 Å². The van der Waals surface area contributed by atoms with E-state index in [-0.39, 0.29) is 18.9 Å². The Morgan fingerprint density at radius 1 is 1.52 bits per heavy atom. The van der Waals surface area contributed by atoms with Crippen molar-refractivity contribution in [3.8, 4) is 0 Å². The second kappa shape index (κ2) is 6.47. The monoisotopic (exact) mass is 295 g/mol. The van der Waals surface area contributed by atoms with Gasteiger partial charge in [-0.3, -0.25) is 4.90 Å². The summed E-state index contributed by atoms with van der Waals surface area (Å²) in [6.45, 7) is 6.49. The molecule has 0 radical (unpaired) electrons. The summed E-state index contributed by atoms with van der Waals surface area (Å²) in [5.41, 5.74) is 0.598. The van der Waals surface area contributed by atoms with Gasteiger partial charge in [0.1, 0.15) is 11.8 Å². The van der Waals surface area contributed by atoms with Crippen LogP contribution in [0, 0.1) is 0 Å². The smallest absolute Gasteiger partial charge is 0.411 e. The van der Waals surface area contributed by atoms with Crippen molar-refractivity contribution in [2.75, 3.05) is 13.2 Å². The number of hydrogen-bond acceptors (Lipinski definition) is 4. The van der Waals surface area contributed by atoms with E-state index in [9.17, 15) is 4.79 Å². The number of likely N-dealkylation sites (tertiary alicyclic amines) is 1. The van der Waals surface area contributed by atoms with Gasteiger partial charge in [-0.25, -0.2) is 9.48 Å². The molecule has 1 amide bonds. The van der Waals surface area contributed by atoms with Gasteiger partial charge in [0.05, 0.1) is 6.20 Å². The predicted molar refractivity (Wildman–Crippen MR) is 78.8 cm³/mol. The molecule has 6 nitrogen and oxygen atoms in total. The maximum Gasteiger partial charge on any atom is 0.411 e. The molecule has 2 heterocycles. The van der Waals surface area contributed by atoms with Crippen LogP contribution in [0.4, 0.5) is 4.79 Å². The van der Waals surface area contributed by atoms with Gasteiger partial charge in [0.15, 0.2) is 0 Å². The van der Waals surface area contributed by atoms with Crippen LogP contribution < -0.4 is 0 Å². The zero-order chi connectivity index (χ0) is 15.5. The second-order valence-electron chi connectivity index (χ2n) is 6.45. The first-order valence-corrected chi connectivity index (χ1v) is 7.54. The number of amides is 1. The van der Waals surface area contributed by atoms with Gasteiger partial charge in [0.25, 0.3) is 0 Å². The number of carbonyl (C=O) groups excluding carboxylic acids is 1. The summed E-state index contributed by atoms with van der Waals surface area (Å²) in [4.78, 5) is 14.0. The highest BCUT2D eigenvalue weighted by Gasteiger charge is 2.33. The van der Waals surface area contributed by atoms with Crippen LogP contribution in [0.15, 0.2) is 12.4 Å². The van der Waals surface area contributed by atoms with E-state index in [1.807, 2.05) is 31.6 Å². The molecule has 2 rings (SSSR count). The maximum atomic E-state index is 12.3. The van der Waals surface area contributed by atoms with Gasteiger partial charge >= 0.3 is 6.09 Å². The van der Waals surface area contributed by atoms with Crippen molar-refractivity contribution in [2.24, 2.45) is 0 Å². The van der Waals surface area contributed by atoms with Gasteiger partial charge in [-0.05, 0) is 52.0 Å². The Morgan fingerprint density at radius 3 is 2.95 bits per heavy atom. The van der Waals surface area contributed by atoms with Crippen LogP contribution in [-0.4, -0.2) is 44.6 Å². The zero-order valence-electron chi connectivity index (χ0n) is 13.1. The minimum Gasteiger partial charge on any atom is -0.444 e. The quantitative estimate of drug-likeness (QED) is 0.925. The van der Waals surface area contributed by atoms with Crippen LogP contribution in [0.5, 0.6) is 0 Å². The van der Waals surface area contributed by atoms with E-state index < -0.39 is 5.60 Å². The molecule has 0 aromatic carbocycles. The molecule has 1 saturated heterocycles. The van der Waals surface area contributed by atoms with Crippen molar-refractivity contribution in [3.05, 3.63) is 18.0 Å². The lowest BCUT2D eigenvalue weighted by molar-refractivity contribution is 0.0149. The Kier molecular flexibility index (Phi) is 4.88. The van der Waals surface area contributed by atoms with Crippen molar-refractivity contribution in [3.63, 3.8) is 0 Å². The van der Waals surface area contributed by atoms with Crippen molar-refractivity contribution in [1.82, 2.24) is 14.7 Å². The van der Waals surface area contributed by atoms with Gasteiger partial charge in [0, 0.05) is 19.3 Å². The summed E-state index contributed by atoms with van der Waals surface area (Å²) >= 11 is 0. The minimum absolute atomic E-state index is 0.0669. The molecular weight excluding hydrogens is 270 g/mol. The van der Waals surface area contributed by atoms with Gasteiger partial charge in [-0.2, -0.15) is 5.10 Å². The highest BCUT2D eigenvalue weighted by molar-refractivity contribution is 5.68. The normalized spacial score (nSPS) is 19.0. The van der Waals surface area contributed by atoms with Crippen LogP contribution in [0.1, 0.15) is 51.8 Å². The summed E-state index contributed by atoms with van der Waals surface area (Å²) in [6.07, 6.45) is 6.79. The third-order valence-electron chi connectivity index (χ3n) is 3.43. The van der Waals surface area contributed by atoms with E-state index >= 15 is 0 Å². The first-order valence-electron chi connectivity index (χ1n) is 7.54. The fourth-order valence-electron chi connectivity index (χ4n) is 2.51. The molecule has 118 valence electrons. The number of aromatic nitrogens is 2. The first kappa shape index (κ1) is 15.8. The highest BCUT2D eigenvalue weighted by Crippen LogP contribution is 2.28. The standard InChI is InChI=1S/C15H25N3O3/c1-15(2,3)21-14(20)17-8-4-7-13(17)18-11-12(10-16-18)6-5-9-19/h10-11,13,19H,4-9H2,1-3H3. The summed E-state index contributed by atoms with van der Waals surface area (Å²) in [7, 11) is 0. The summed E-state index contributed by atoms with van der Waals surface area (Å²) < 4.78 is 7.29. The number of rotatable bonds is 4. The average Bonchev–Trinajstić information content (AvgIpc) is 3.02. The lowest BCUT2D eigenvalue weighted by Gasteiger charge is -2.28. The molecule has 0 bridgehead atoms. The van der Waals surface area contributed by atoms with Crippen molar-refractivity contribution < 1.29 is 14.6 Å². The molecule has 6 heteroatoms. The molecule has 0 spiro atoms. The number of ether oxygens (including phenoxy) is 1. The van der Waals surface area contributed by atoms with E-state index in [2.05, 4.69) is 5.10 Å². The molecule has 21 heavy (non-hydrogen) atoms. The Hall–Kier alpha value is -1.56. The summed E-state index contributed by atoms with van der Waals surface area (Å²) in [6, 6.07) is 0. The molecule has 1 aliphatic heterocycles. The lowest BCUT2D eigenvalue weighted by atomic mass is 10.2. The molecule has 0 saturated carbocycles. The largest absolute Gasteiger partial charge is 0.444 e. The van der Waals surface area contributed by atoms with Crippen LogP contribution in [0.3, 0.4) is 0 Å². The van der Waals surface area contributed by atoms with Gasteiger partial charge < -0.3 is 9.84 Å².